The number of pyridine rings is 1. The Labute approximate surface area is 116 Å². The van der Waals surface area contributed by atoms with Crippen LogP contribution in [-0.4, -0.2) is 10.5 Å². The van der Waals surface area contributed by atoms with Crippen LogP contribution in [0.5, 0.6) is 11.6 Å². The maximum Gasteiger partial charge on any atom is 0.221 e. The van der Waals surface area contributed by atoms with Crippen molar-refractivity contribution in [2.45, 2.75) is 26.3 Å². The number of rotatable bonds is 3. The SMILES string of the molecule is CC(C)(C)Nc1cccc(Oc2cc(F)ccc2F)n1. The van der Waals surface area contributed by atoms with E-state index in [9.17, 15) is 8.78 Å². The molecule has 0 saturated carbocycles. The summed E-state index contributed by atoms with van der Waals surface area (Å²) in [5, 5.41) is 3.17. The first-order valence-corrected chi connectivity index (χ1v) is 6.22. The molecular formula is C15H16F2N2O. The van der Waals surface area contributed by atoms with Gasteiger partial charge in [0, 0.05) is 17.7 Å². The molecule has 0 amide bonds. The van der Waals surface area contributed by atoms with Crippen LogP contribution < -0.4 is 10.1 Å². The highest BCUT2D eigenvalue weighted by Crippen LogP contribution is 2.25. The van der Waals surface area contributed by atoms with Gasteiger partial charge in [-0.05, 0) is 39.0 Å². The molecule has 106 valence electrons. The number of anilines is 1. The van der Waals surface area contributed by atoms with E-state index in [0.717, 1.165) is 18.2 Å². The Morgan fingerprint density at radius 2 is 1.85 bits per heavy atom. The smallest absolute Gasteiger partial charge is 0.221 e. The molecule has 3 nitrogen and oxygen atoms in total. The van der Waals surface area contributed by atoms with Gasteiger partial charge in [-0.15, -0.1) is 0 Å². The molecule has 1 heterocycles. The van der Waals surface area contributed by atoms with E-state index in [1.165, 1.54) is 0 Å². The van der Waals surface area contributed by atoms with Crippen LogP contribution in [0.25, 0.3) is 0 Å². The van der Waals surface area contributed by atoms with Gasteiger partial charge in [0.1, 0.15) is 11.6 Å². The highest BCUT2D eigenvalue weighted by Gasteiger charge is 2.12. The van der Waals surface area contributed by atoms with Crippen molar-refractivity contribution in [1.29, 1.82) is 0 Å². The van der Waals surface area contributed by atoms with Crippen LogP contribution in [0, 0.1) is 11.6 Å². The van der Waals surface area contributed by atoms with Crippen LogP contribution in [0.3, 0.4) is 0 Å². The molecule has 0 aliphatic carbocycles. The van der Waals surface area contributed by atoms with Gasteiger partial charge >= 0.3 is 0 Å². The fourth-order valence-corrected chi connectivity index (χ4v) is 1.59. The summed E-state index contributed by atoms with van der Waals surface area (Å²) in [4.78, 5) is 4.20. The fourth-order valence-electron chi connectivity index (χ4n) is 1.59. The summed E-state index contributed by atoms with van der Waals surface area (Å²) in [6.07, 6.45) is 0. The molecule has 0 spiro atoms. The summed E-state index contributed by atoms with van der Waals surface area (Å²) < 4.78 is 31.8. The molecule has 0 bridgehead atoms. The van der Waals surface area contributed by atoms with Crippen molar-refractivity contribution in [1.82, 2.24) is 4.98 Å². The molecule has 0 unspecified atom stereocenters. The molecule has 0 aliphatic heterocycles. The van der Waals surface area contributed by atoms with Gasteiger partial charge in [-0.2, -0.15) is 4.98 Å². The monoisotopic (exact) mass is 278 g/mol. The predicted molar refractivity (Wildman–Crippen MR) is 74.0 cm³/mol. The topological polar surface area (TPSA) is 34.1 Å². The normalized spacial score (nSPS) is 11.2. The zero-order valence-electron chi connectivity index (χ0n) is 11.6. The van der Waals surface area contributed by atoms with Gasteiger partial charge in [0.25, 0.3) is 0 Å². The van der Waals surface area contributed by atoms with Gasteiger partial charge in [-0.25, -0.2) is 8.78 Å². The average Bonchev–Trinajstić information content (AvgIpc) is 2.32. The van der Waals surface area contributed by atoms with E-state index in [1.807, 2.05) is 20.8 Å². The highest BCUT2D eigenvalue weighted by molar-refractivity contribution is 5.40. The number of ether oxygens (including phenoxy) is 1. The largest absolute Gasteiger partial charge is 0.436 e. The molecular weight excluding hydrogens is 262 g/mol. The van der Waals surface area contributed by atoms with E-state index in [4.69, 9.17) is 4.74 Å². The van der Waals surface area contributed by atoms with Crippen LogP contribution in [0.4, 0.5) is 14.6 Å². The summed E-state index contributed by atoms with van der Waals surface area (Å²) in [6.45, 7) is 5.98. The Bertz CT molecular complexity index is 609. The van der Waals surface area contributed by atoms with Crippen LogP contribution in [-0.2, 0) is 0 Å². The molecule has 2 aromatic rings. The standard InChI is InChI=1S/C15H16F2N2O/c1-15(2,3)19-13-5-4-6-14(18-13)20-12-9-10(16)7-8-11(12)17/h4-9H,1-3H3,(H,18,19). The number of nitrogens with zero attached hydrogens (tertiary/aromatic N) is 1. The number of hydrogen-bond acceptors (Lipinski definition) is 3. The second kappa shape index (κ2) is 5.45. The van der Waals surface area contributed by atoms with E-state index in [-0.39, 0.29) is 17.2 Å². The number of nitrogens with one attached hydrogen (secondary N) is 1. The van der Waals surface area contributed by atoms with Gasteiger partial charge in [-0.1, -0.05) is 6.07 Å². The highest BCUT2D eigenvalue weighted by atomic mass is 19.1. The van der Waals surface area contributed by atoms with Crippen LogP contribution in [0.15, 0.2) is 36.4 Å². The van der Waals surface area contributed by atoms with Crippen molar-refractivity contribution in [3.63, 3.8) is 0 Å². The number of hydrogen-bond donors (Lipinski definition) is 1. The molecule has 0 aliphatic rings. The summed E-state index contributed by atoms with van der Waals surface area (Å²) in [5.41, 5.74) is -0.157. The molecule has 0 atom stereocenters. The van der Waals surface area contributed by atoms with Gasteiger partial charge < -0.3 is 10.1 Å². The van der Waals surface area contributed by atoms with E-state index in [0.29, 0.717) is 5.82 Å². The van der Waals surface area contributed by atoms with Gasteiger partial charge in [0.15, 0.2) is 11.6 Å². The van der Waals surface area contributed by atoms with Gasteiger partial charge in [-0.3, -0.25) is 0 Å². The molecule has 0 saturated heterocycles. The van der Waals surface area contributed by atoms with Crippen molar-refractivity contribution < 1.29 is 13.5 Å². The third kappa shape index (κ3) is 3.91. The van der Waals surface area contributed by atoms with Gasteiger partial charge in [0.05, 0.1) is 0 Å². The Hall–Kier alpha value is -2.17. The van der Waals surface area contributed by atoms with Crippen molar-refractivity contribution in [2.24, 2.45) is 0 Å². The zero-order chi connectivity index (χ0) is 14.8. The fraction of sp³-hybridized carbons (Fsp3) is 0.267. The molecule has 1 N–H and O–H groups in total. The lowest BCUT2D eigenvalue weighted by molar-refractivity contribution is 0.422. The first-order valence-electron chi connectivity index (χ1n) is 6.22. The second-order valence-electron chi connectivity index (χ2n) is 5.41. The third-order valence-electron chi connectivity index (χ3n) is 2.33. The van der Waals surface area contributed by atoms with Crippen LogP contribution in [0.2, 0.25) is 0 Å². The zero-order valence-corrected chi connectivity index (χ0v) is 11.6. The molecule has 5 heteroatoms. The van der Waals surface area contributed by atoms with E-state index >= 15 is 0 Å². The Morgan fingerprint density at radius 3 is 2.55 bits per heavy atom. The van der Waals surface area contributed by atoms with E-state index in [1.54, 1.807) is 18.2 Å². The Morgan fingerprint density at radius 1 is 1.10 bits per heavy atom. The minimum atomic E-state index is -0.637. The van der Waals surface area contributed by atoms with E-state index in [2.05, 4.69) is 10.3 Å². The molecule has 1 aromatic heterocycles. The quantitative estimate of drug-likeness (QED) is 0.905. The van der Waals surface area contributed by atoms with Crippen LogP contribution in [0.1, 0.15) is 20.8 Å². The van der Waals surface area contributed by atoms with E-state index < -0.39 is 11.6 Å². The summed E-state index contributed by atoms with van der Waals surface area (Å²) in [7, 11) is 0. The van der Waals surface area contributed by atoms with Gasteiger partial charge in [0.2, 0.25) is 5.88 Å². The number of aromatic nitrogens is 1. The molecule has 1 aromatic carbocycles. The first kappa shape index (κ1) is 14.2. The number of benzene rings is 1. The minimum absolute atomic E-state index is 0.157. The van der Waals surface area contributed by atoms with Crippen molar-refractivity contribution in [3.05, 3.63) is 48.0 Å². The lowest BCUT2D eigenvalue weighted by Crippen LogP contribution is -2.26. The molecule has 2 rings (SSSR count). The van der Waals surface area contributed by atoms with Crippen molar-refractivity contribution >= 4 is 5.82 Å². The second-order valence-corrected chi connectivity index (χ2v) is 5.41. The lowest BCUT2D eigenvalue weighted by atomic mass is 10.1. The molecule has 0 fully saturated rings. The van der Waals surface area contributed by atoms with Crippen molar-refractivity contribution in [3.8, 4) is 11.6 Å². The minimum Gasteiger partial charge on any atom is -0.436 e. The predicted octanol–water partition coefficient (Wildman–Crippen LogP) is 4.36. The first-order chi connectivity index (χ1) is 9.33. The van der Waals surface area contributed by atoms with Crippen LogP contribution >= 0.6 is 0 Å². The van der Waals surface area contributed by atoms with Crippen molar-refractivity contribution in [2.75, 3.05) is 5.32 Å². The Kier molecular flexibility index (Phi) is 3.88. The molecule has 0 radical (unpaired) electrons. The lowest BCUT2D eigenvalue weighted by Gasteiger charge is -2.21. The maximum atomic E-state index is 13.5. The summed E-state index contributed by atoms with van der Waals surface area (Å²) >= 11 is 0. The Balaban J connectivity index is 2.21. The summed E-state index contributed by atoms with van der Waals surface area (Å²) in [6, 6.07) is 8.13. The summed E-state index contributed by atoms with van der Waals surface area (Å²) in [5.74, 6) is -0.589. The maximum absolute atomic E-state index is 13.5. The number of halogens is 2. The molecule has 20 heavy (non-hydrogen) atoms. The average molecular weight is 278 g/mol. The third-order valence-corrected chi connectivity index (χ3v) is 2.33.